The average Bonchev–Trinajstić information content (AvgIpc) is 3.61. The van der Waals surface area contributed by atoms with Crippen LogP contribution in [0, 0.1) is 0 Å². The Hall–Kier alpha value is -3.38. The molecule has 6 rings (SSSR count). The van der Waals surface area contributed by atoms with Crippen LogP contribution in [0.3, 0.4) is 0 Å². The smallest absolute Gasteiger partial charge is 0.259 e. The maximum Gasteiger partial charge on any atom is 0.259 e. The van der Waals surface area contributed by atoms with E-state index in [9.17, 15) is 5.11 Å². The minimum absolute atomic E-state index is 0.181. The molecule has 4 aromatic rings. The Labute approximate surface area is 225 Å². The molecule has 0 amide bonds. The van der Waals surface area contributed by atoms with Gasteiger partial charge in [0.1, 0.15) is 16.5 Å². The van der Waals surface area contributed by atoms with Crippen LogP contribution in [0.25, 0.3) is 22.2 Å². The third-order valence-corrected chi connectivity index (χ3v) is 7.85. The SMILES string of the molecule is OC1CCC(Nc2cc(CN3CCNCC3)cc(Nc3ncc(-c4nnc(-c5ccccc5)o4)s3)n2)CC1. The first-order valence-corrected chi connectivity index (χ1v) is 14.0. The molecular weight excluding hydrogens is 500 g/mol. The quantitative estimate of drug-likeness (QED) is 0.263. The summed E-state index contributed by atoms with van der Waals surface area (Å²) in [7, 11) is 0. The van der Waals surface area contributed by atoms with E-state index in [0.717, 1.165) is 80.5 Å². The molecule has 1 aliphatic heterocycles. The van der Waals surface area contributed by atoms with Crippen molar-refractivity contribution >= 4 is 28.1 Å². The van der Waals surface area contributed by atoms with Crippen LogP contribution in [0.2, 0.25) is 0 Å². The lowest BCUT2D eigenvalue weighted by Crippen LogP contribution is -2.42. The van der Waals surface area contributed by atoms with E-state index in [1.807, 2.05) is 30.3 Å². The molecule has 38 heavy (non-hydrogen) atoms. The van der Waals surface area contributed by atoms with Crippen molar-refractivity contribution in [3.63, 3.8) is 0 Å². The van der Waals surface area contributed by atoms with Crippen LogP contribution in [-0.4, -0.2) is 68.5 Å². The van der Waals surface area contributed by atoms with Gasteiger partial charge in [-0.1, -0.05) is 29.5 Å². The number of piperazine rings is 1. The number of hydrogen-bond donors (Lipinski definition) is 4. The first kappa shape index (κ1) is 24.9. The van der Waals surface area contributed by atoms with Crippen molar-refractivity contribution in [3.8, 4) is 22.2 Å². The molecule has 198 valence electrons. The predicted molar refractivity (Wildman–Crippen MR) is 148 cm³/mol. The monoisotopic (exact) mass is 532 g/mol. The molecule has 11 heteroatoms. The molecule has 1 saturated heterocycles. The summed E-state index contributed by atoms with van der Waals surface area (Å²) in [5.41, 5.74) is 2.08. The summed E-state index contributed by atoms with van der Waals surface area (Å²) in [5.74, 6) is 2.52. The topological polar surface area (TPSA) is 124 Å². The summed E-state index contributed by atoms with van der Waals surface area (Å²) in [6, 6.07) is 14.3. The molecule has 4 heterocycles. The average molecular weight is 533 g/mol. The summed E-state index contributed by atoms with van der Waals surface area (Å²) in [6.07, 6.45) is 5.10. The zero-order chi connectivity index (χ0) is 25.7. The zero-order valence-electron chi connectivity index (χ0n) is 21.1. The van der Waals surface area contributed by atoms with Crippen LogP contribution in [0.4, 0.5) is 16.8 Å². The summed E-state index contributed by atoms with van der Waals surface area (Å²) >= 11 is 1.45. The zero-order valence-corrected chi connectivity index (χ0v) is 22.0. The van der Waals surface area contributed by atoms with E-state index in [0.29, 0.717) is 23.0 Å². The van der Waals surface area contributed by atoms with Crippen LogP contribution >= 0.6 is 11.3 Å². The Morgan fingerprint density at radius 1 is 1.00 bits per heavy atom. The van der Waals surface area contributed by atoms with Crippen molar-refractivity contribution in [3.05, 3.63) is 54.2 Å². The summed E-state index contributed by atoms with van der Waals surface area (Å²) in [5, 5.41) is 29.4. The lowest BCUT2D eigenvalue weighted by atomic mass is 9.93. The number of thiazole rings is 1. The van der Waals surface area contributed by atoms with Gasteiger partial charge in [0.25, 0.3) is 5.89 Å². The summed E-state index contributed by atoms with van der Waals surface area (Å²) in [6.45, 7) is 4.94. The van der Waals surface area contributed by atoms with E-state index >= 15 is 0 Å². The van der Waals surface area contributed by atoms with E-state index in [1.54, 1.807) is 6.20 Å². The number of pyridine rings is 1. The Morgan fingerprint density at radius 3 is 2.58 bits per heavy atom. The highest BCUT2D eigenvalue weighted by molar-refractivity contribution is 7.18. The van der Waals surface area contributed by atoms with Crippen molar-refractivity contribution in [2.45, 2.75) is 44.4 Å². The molecule has 1 saturated carbocycles. The third kappa shape index (κ3) is 6.18. The maximum absolute atomic E-state index is 9.89. The van der Waals surface area contributed by atoms with E-state index in [1.165, 1.54) is 16.9 Å². The van der Waals surface area contributed by atoms with E-state index in [4.69, 9.17) is 9.40 Å². The van der Waals surface area contributed by atoms with Crippen LogP contribution in [0.15, 0.2) is 53.1 Å². The Bertz CT molecular complexity index is 1330. The summed E-state index contributed by atoms with van der Waals surface area (Å²) in [4.78, 5) is 12.6. The molecule has 0 atom stereocenters. The standard InChI is InChI=1S/C27H32N8O2S/c36-21-8-6-20(7-9-21)30-23-14-18(17-35-12-10-28-11-13-35)15-24(31-23)32-27-29-16-22(38-27)26-34-33-25(37-26)19-4-2-1-3-5-19/h1-5,14-16,20-21,28,36H,6-13,17H2,(H2,29,30,31,32). The van der Waals surface area contributed by atoms with Crippen molar-refractivity contribution in [1.29, 1.82) is 0 Å². The van der Waals surface area contributed by atoms with Gasteiger partial charge in [0.15, 0.2) is 5.13 Å². The van der Waals surface area contributed by atoms with Gasteiger partial charge < -0.3 is 25.5 Å². The van der Waals surface area contributed by atoms with Crippen molar-refractivity contribution in [1.82, 2.24) is 30.4 Å². The van der Waals surface area contributed by atoms with Gasteiger partial charge in [0.05, 0.1) is 12.3 Å². The van der Waals surface area contributed by atoms with Gasteiger partial charge in [-0.05, 0) is 55.5 Å². The van der Waals surface area contributed by atoms with Crippen molar-refractivity contribution < 1.29 is 9.52 Å². The first-order valence-electron chi connectivity index (χ1n) is 13.2. The number of nitrogens with zero attached hydrogens (tertiary/aromatic N) is 5. The van der Waals surface area contributed by atoms with Gasteiger partial charge in [-0.2, -0.15) is 0 Å². The number of hydrogen-bond acceptors (Lipinski definition) is 11. The molecule has 2 fully saturated rings. The van der Waals surface area contributed by atoms with Crippen molar-refractivity contribution in [2.24, 2.45) is 0 Å². The normalized spacial score (nSPS) is 20.3. The highest BCUT2D eigenvalue weighted by Crippen LogP contribution is 2.32. The molecule has 4 N–H and O–H groups in total. The van der Waals surface area contributed by atoms with Gasteiger partial charge in [-0.15, -0.1) is 10.2 Å². The molecular formula is C27H32N8O2S. The molecule has 10 nitrogen and oxygen atoms in total. The van der Waals surface area contributed by atoms with Crippen LogP contribution in [0.1, 0.15) is 31.2 Å². The maximum atomic E-state index is 9.89. The number of nitrogens with one attached hydrogen (secondary N) is 3. The number of benzene rings is 1. The molecule has 3 aromatic heterocycles. The number of aliphatic hydroxyl groups excluding tert-OH is 1. The lowest BCUT2D eigenvalue weighted by molar-refractivity contribution is 0.126. The minimum atomic E-state index is -0.181. The second-order valence-electron chi connectivity index (χ2n) is 9.85. The third-order valence-electron chi connectivity index (χ3n) is 6.95. The summed E-state index contributed by atoms with van der Waals surface area (Å²) < 4.78 is 5.90. The Morgan fingerprint density at radius 2 is 1.76 bits per heavy atom. The molecule has 1 aromatic carbocycles. The van der Waals surface area contributed by atoms with Crippen LogP contribution in [0.5, 0.6) is 0 Å². The van der Waals surface area contributed by atoms with Gasteiger partial charge >= 0.3 is 0 Å². The van der Waals surface area contributed by atoms with Gasteiger partial charge in [0, 0.05) is 44.3 Å². The number of anilines is 3. The second kappa shape index (κ2) is 11.6. The Balaban J connectivity index is 1.19. The minimum Gasteiger partial charge on any atom is -0.415 e. The molecule has 0 radical (unpaired) electrons. The number of aliphatic hydroxyl groups is 1. The number of rotatable bonds is 8. The molecule has 0 bridgehead atoms. The van der Waals surface area contributed by atoms with Gasteiger partial charge in [-0.3, -0.25) is 4.90 Å². The van der Waals surface area contributed by atoms with Gasteiger partial charge in [0.2, 0.25) is 5.89 Å². The molecule has 0 unspecified atom stereocenters. The fourth-order valence-electron chi connectivity index (χ4n) is 4.93. The predicted octanol–water partition coefficient (Wildman–Crippen LogP) is 4.12. The largest absolute Gasteiger partial charge is 0.415 e. The molecule has 2 aliphatic rings. The fraction of sp³-hybridized carbons (Fsp3) is 0.407. The highest BCUT2D eigenvalue weighted by Gasteiger charge is 2.21. The molecule has 1 aliphatic carbocycles. The lowest BCUT2D eigenvalue weighted by Gasteiger charge is -2.28. The van der Waals surface area contributed by atoms with E-state index in [-0.39, 0.29) is 6.10 Å². The Kier molecular flexibility index (Phi) is 7.59. The van der Waals surface area contributed by atoms with E-state index in [2.05, 4.69) is 48.2 Å². The fourth-order valence-corrected chi connectivity index (χ4v) is 5.68. The van der Waals surface area contributed by atoms with E-state index < -0.39 is 0 Å². The van der Waals surface area contributed by atoms with Crippen LogP contribution < -0.4 is 16.0 Å². The number of aromatic nitrogens is 4. The second-order valence-corrected chi connectivity index (χ2v) is 10.9. The van der Waals surface area contributed by atoms with Crippen molar-refractivity contribution in [2.75, 3.05) is 36.8 Å². The molecule has 0 spiro atoms. The van der Waals surface area contributed by atoms with Crippen LogP contribution in [-0.2, 0) is 6.54 Å². The first-order chi connectivity index (χ1) is 18.7. The van der Waals surface area contributed by atoms with Gasteiger partial charge in [-0.25, -0.2) is 9.97 Å². The highest BCUT2D eigenvalue weighted by atomic mass is 32.1.